The van der Waals surface area contributed by atoms with Gasteiger partial charge in [-0.25, -0.2) is 26.4 Å². The zero-order chi connectivity index (χ0) is 34.8. The van der Waals surface area contributed by atoms with Gasteiger partial charge in [0.2, 0.25) is 0 Å². The Labute approximate surface area is 269 Å². The first-order valence-corrected chi connectivity index (χ1v) is 17.8. The van der Waals surface area contributed by atoms with E-state index in [1.165, 1.54) is 28.0 Å². The number of urea groups is 2. The maximum atomic E-state index is 13.9. The van der Waals surface area contributed by atoms with E-state index in [9.17, 15) is 44.4 Å². The number of rotatable bonds is 8. The highest BCUT2D eigenvalue weighted by molar-refractivity contribution is 7.91. The number of hydrogen-bond acceptors (Lipinski definition) is 7. The number of anilines is 1. The van der Waals surface area contributed by atoms with Crippen molar-refractivity contribution in [2.45, 2.75) is 54.7 Å². The minimum atomic E-state index is -5.02. The average molecular weight is 705 g/mol. The molecule has 4 rings (SSSR count). The number of imide groups is 1. The molecular weight excluding hydrogens is 673 g/mol. The van der Waals surface area contributed by atoms with Gasteiger partial charge in [0.1, 0.15) is 5.54 Å². The van der Waals surface area contributed by atoms with Crippen LogP contribution in [0.3, 0.4) is 0 Å². The highest BCUT2D eigenvalue weighted by atomic mass is 35.5. The summed E-state index contributed by atoms with van der Waals surface area (Å²) >= 11 is 6.32. The summed E-state index contributed by atoms with van der Waals surface area (Å²) in [6.45, 7) is 6.15. The first kappa shape index (κ1) is 35.2. The predicted molar refractivity (Wildman–Crippen MR) is 165 cm³/mol. The van der Waals surface area contributed by atoms with Crippen molar-refractivity contribution in [3.8, 4) is 0 Å². The number of carbonyl (C=O) groups is 3. The lowest BCUT2D eigenvalue weighted by Crippen LogP contribution is -2.45. The maximum Gasteiger partial charge on any atom is 0.417 e. The van der Waals surface area contributed by atoms with Gasteiger partial charge in [0.05, 0.1) is 32.5 Å². The SMILES string of the molecule is CC1(C)CN(c2ccc(S(C)(=O)=O)c(C(F)(F)F)c2)C(=O)N1C/C(=C\CN1C(=O)NC(=O)C1(C)C)c1ccc(S(C)(=O)=O)c(Cl)c1. The number of hydrogen-bond donors (Lipinski definition) is 1. The Morgan fingerprint density at radius 2 is 1.52 bits per heavy atom. The standard InChI is InChI=1S/C29H32ClF3N4O7S2/c1-27(2)16-35(19-8-10-22(45(5,41)42)20(14-19)29(31,32)33)26(40)37(27)15-18(11-12-36-25(39)34-24(38)28(36,3)4)17-7-9-23(21(30)13-17)46(6,43)44/h7-11,13-14H,12,15-16H2,1-6H3,(H,34,38,39)/b18-11+. The molecule has 0 spiro atoms. The van der Waals surface area contributed by atoms with Crippen molar-refractivity contribution in [2.75, 3.05) is 37.0 Å². The van der Waals surface area contributed by atoms with Crippen LogP contribution >= 0.6 is 11.6 Å². The fraction of sp³-hybridized carbons (Fsp3) is 0.414. The molecule has 17 heteroatoms. The molecule has 250 valence electrons. The predicted octanol–water partition coefficient (Wildman–Crippen LogP) is 4.60. The van der Waals surface area contributed by atoms with E-state index in [1.807, 2.05) is 0 Å². The summed E-state index contributed by atoms with van der Waals surface area (Å²) in [6, 6.07) is 5.39. The van der Waals surface area contributed by atoms with Gasteiger partial charge >= 0.3 is 18.2 Å². The second-order valence-corrected chi connectivity index (χ2v) is 16.7. The third kappa shape index (κ3) is 6.74. The molecule has 11 nitrogen and oxygen atoms in total. The molecule has 5 amide bonds. The van der Waals surface area contributed by atoms with Crippen molar-refractivity contribution in [3.05, 3.63) is 58.6 Å². The lowest BCUT2D eigenvalue weighted by molar-refractivity contribution is -0.139. The third-order valence-electron chi connectivity index (χ3n) is 7.96. The van der Waals surface area contributed by atoms with Crippen LogP contribution in [0, 0.1) is 0 Å². The van der Waals surface area contributed by atoms with Crippen molar-refractivity contribution >= 4 is 60.5 Å². The van der Waals surface area contributed by atoms with Crippen LogP contribution in [0.4, 0.5) is 28.4 Å². The number of alkyl halides is 3. The third-order valence-corrected chi connectivity index (χ3v) is 10.7. The number of benzene rings is 2. The number of halogens is 4. The summed E-state index contributed by atoms with van der Waals surface area (Å²) in [5.41, 5.74) is -2.97. The Morgan fingerprint density at radius 1 is 0.935 bits per heavy atom. The van der Waals surface area contributed by atoms with Crippen LogP contribution < -0.4 is 10.2 Å². The van der Waals surface area contributed by atoms with Crippen LogP contribution in [0.2, 0.25) is 5.02 Å². The van der Waals surface area contributed by atoms with Crippen molar-refractivity contribution in [1.29, 1.82) is 0 Å². The minimum absolute atomic E-state index is 0.0710. The van der Waals surface area contributed by atoms with E-state index < -0.39 is 65.4 Å². The number of nitrogens with one attached hydrogen (secondary N) is 1. The van der Waals surface area contributed by atoms with Gasteiger partial charge in [-0.15, -0.1) is 0 Å². The molecule has 0 aromatic heterocycles. The maximum absolute atomic E-state index is 13.9. The van der Waals surface area contributed by atoms with E-state index in [-0.39, 0.29) is 35.2 Å². The van der Waals surface area contributed by atoms with E-state index >= 15 is 0 Å². The quantitative estimate of drug-likeness (QED) is 0.396. The van der Waals surface area contributed by atoms with Gasteiger partial charge in [0, 0.05) is 31.3 Å². The van der Waals surface area contributed by atoms with E-state index in [0.29, 0.717) is 23.5 Å². The Morgan fingerprint density at radius 3 is 2.02 bits per heavy atom. The molecule has 0 aliphatic carbocycles. The van der Waals surface area contributed by atoms with Gasteiger partial charge in [-0.3, -0.25) is 15.0 Å². The molecule has 0 saturated carbocycles. The van der Waals surface area contributed by atoms with Gasteiger partial charge in [-0.1, -0.05) is 23.7 Å². The molecule has 2 fully saturated rings. The van der Waals surface area contributed by atoms with Crippen molar-refractivity contribution in [3.63, 3.8) is 0 Å². The van der Waals surface area contributed by atoms with E-state index in [0.717, 1.165) is 23.3 Å². The van der Waals surface area contributed by atoms with Gasteiger partial charge in [-0.05, 0) is 69.2 Å². The highest BCUT2D eigenvalue weighted by Gasteiger charge is 2.47. The molecule has 46 heavy (non-hydrogen) atoms. The summed E-state index contributed by atoms with van der Waals surface area (Å²) in [4.78, 5) is 41.4. The van der Waals surface area contributed by atoms with Gasteiger partial charge < -0.3 is 9.80 Å². The van der Waals surface area contributed by atoms with Crippen LogP contribution in [-0.2, 0) is 30.6 Å². The van der Waals surface area contributed by atoms with Crippen molar-refractivity contribution < 1.29 is 44.4 Å². The van der Waals surface area contributed by atoms with E-state index in [4.69, 9.17) is 11.6 Å². The van der Waals surface area contributed by atoms with Gasteiger partial charge in [0.25, 0.3) is 5.91 Å². The van der Waals surface area contributed by atoms with Crippen LogP contribution in [0.25, 0.3) is 5.57 Å². The summed E-state index contributed by atoms with van der Waals surface area (Å²) in [7, 11) is -7.92. The van der Waals surface area contributed by atoms with Crippen LogP contribution in [-0.4, -0.2) is 87.8 Å². The lowest BCUT2D eigenvalue weighted by Gasteiger charge is -2.31. The second kappa shape index (κ2) is 11.6. The molecule has 0 bridgehead atoms. The molecule has 2 heterocycles. The molecule has 0 unspecified atom stereocenters. The molecule has 2 saturated heterocycles. The smallest absolute Gasteiger partial charge is 0.313 e. The fourth-order valence-electron chi connectivity index (χ4n) is 5.31. The summed E-state index contributed by atoms with van der Waals surface area (Å²) in [6.07, 6.45) is -1.78. The average Bonchev–Trinajstić information content (AvgIpc) is 3.24. The van der Waals surface area contributed by atoms with E-state index in [2.05, 4.69) is 5.32 Å². The monoisotopic (exact) mass is 704 g/mol. The van der Waals surface area contributed by atoms with Crippen molar-refractivity contribution in [2.24, 2.45) is 0 Å². The normalized spacial score (nSPS) is 18.9. The Hall–Kier alpha value is -3.63. The zero-order valence-corrected chi connectivity index (χ0v) is 28.1. The first-order chi connectivity index (χ1) is 20.9. The molecule has 1 N–H and O–H groups in total. The van der Waals surface area contributed by atoms with Crippen LogP contribution in [0.1, 0.15) is 38.8 Å². The first-order valence-electron chi connectivity index (χ1n) is 13.7. The molecule has 0 radical (unpaired) electrons. The molecular formula is C29H32ClF3N4O7S2. The van der Waals surface area contributed by atoms with Crippen LogP contribution in [0.15, 0.2) is 52.3 Å². The number of carbonyl (C=O) groups excluding carboxylic acids is 3. The van der Waals surface area contributed by atoms with Gasteiger partial charge in [0.15, 0.2) is 19.7 Å². The van der Waals surface area contributed by atoms with Crippen LogP contribution in [0.5, 0.6) is 0 Å². The van der Waals surface area contributed by atoms with E-state index in [1.54, 1.807) is 33.8 Å². The second-order valence-electron chi connectivity index (χ2n) is 12.3. The van der Waals surface area contributed by atoms with Gasteiger partial charge in [-0.2, -0.15) is 13.2 Å². The molecule has 2 aliphatic rings. The molecule has 2 aromatic carbocycles. The Kier molecular flexibility index (Phi) is 8.85. The minimum Gasteiger partial charge on any atom is -0.313 e. The molecule has 2 aliphatic heterocycles. The Balaban J connectivity index is 1.77. The Bertz CT molecular complexity index is 1890. The topological polar surface area (TPSA) is 141 Å². The molecule has 0 atom stereocenters. The number of nitrogens with zero attached hydrogens (tertiary/aromatic N) is 3. The zero-order valence-electron chi connectivity index (χ0n) is 25.7. The summed E-state index contributed by atoms with van der Waals surface area (Å²) in [5, 5.41) is 2.14. The highest BCUT2D eigenvalue weighted by Crippen LogP contribution is 2.39. The summed E-state index contributed by atoms with van der Waals surface area (Å²) < 4.78 is 90.1. The van der Waals surface area contributed by atoms with Crippen molar-refractivity contribution in [1.82, 2.24) is 15.1 Å². The summed E-state index contributed by atoms with van der Waals surface area (Å²) in [5.74, 6) is -0.514. The number of sulfone groups is 2. The molecule has 2 aromatic rings. The largest absolute Gasteiger partial charge is 0.417 e. The number of amides is 5. The lowest BCUT2D eigenvalue weighted by atomic mass is 9.99. The fourth-order valence-corrected chi connectivity index (χ4v) is 7.53.